The molecule has 0 aliphatic heterocycles. The fourth-order valence-electron chi connectivity index (χ4n) is 1.26. The van der Waals surface area contributed by atoms with Gasteiger partial charge in [0.2, 0.25) is 0 Å². The van der Waals surface area contributed by atoms with Crippen molar-refractivity contribution in [3.8, 4) is 0 Å². The lowest BCUT2D eigenvalue weighted by atomic mass is 10.4. The Morgan fingerprint density at radius 3 is 2.58 bits per heavy atom. The summed E-state index contributed by atoms with van der Waals surface area (Å²) in [6.45, 7) is 7.00. The predicted octanol–water partition coefficient (Wildman–Crippen LogP) is 1.05. The molecule has 0 aromatic rings. The van der Waals surface area contributed by atoms with E-state index in [0.29, 0.717) is 5.96 Å². The third-order valence-corrected chi connectivity index (χ3v) is 2.20. The molecule has 0 radical (unpaired) electrons. The molecule has 1 saturated carbocycles. The molecule has 1 aliphatic rings. The minimum atomic E-state index is 0.715. The Kier molecular flexibility index (Phi) is 3.38. The smallest absolute Gasteiger partial charge is 0.191 e. The molecule has 0 aromatic carbocycles. The Morgan fingerprint density at radius 1 is 1.50 bits per heavy atom. The molecule has 0 unspecified atom stereocenters. The zero-order chi connectivity index (χ0) is 8.97. The van der Waals surface area contributed by atoms with Crippen LogP contribution in [0.25, 0.3) is 0 Å². The van der Waals surface area contributed by atoms with Gasteiger partial charge in [0, 0.05) is 19.6 Å². The number of hydrogen-bond donors (Lipinski definition) is 1. The van der Waals surface area contributed by atoms with Crippen LogP contribution >= 0.6 is 0 Å². The first-order valence-electron chi connectivity index (χ1n) is 4.82. The quantitative estimate of drug-likeness (QED) is 0.505. The maximum Gasteiger partial charge on any atom is 0.191 e. The highest BCUT2D eigenvalue weighted by molar-refractivity contribution is 5.78. The summed E-state index contributed by atoms with van der Waals surface area (Å²) in [6, 6.07) is 0. The maximum atomic E-state index is 5.79. The molecular formula is C9H19N3. The predicted molar refractivity (Wildman–Crippen MR) is 52.1 cm³/mol. The van der Waals surface area contributed by atoms with Crippen molar-refractivity contribution in [2.75, 3.05) is 19.6 Å². The van der Waals surface area contributed by atoms with Crippen LogP contribution in [0.2, 0.25) is 0 Å². The van der Waals surface area contributed by atoms with E-state index in [-0.39, 0.29) is 0 Å². The van der Waals surface area contributed by atoms with Gasteiger partial charge >= 0.3 is 0 Å². The van der Waals surface area contributed by atoms with Crippen molar-refractivity contribution in [3.63, 3.8) is 0 Å². The van der Waals surface area contributed by atoms with Crippen LogP contribution < -0.4 is 5.73 Å². The minimum Gasteiger partial charge on any atom is -0.370 e. The highest BCUT2D eigenvalue weighted by Crippen LogP contribution is 2.29. The second-order valence-corrected chi connectivity index (χ2v) is 3.31. The number of rotatable bonds is 4. The topological polar surface area (TPSA) is 41.6 Å². The zero-order valence-electron chi connectivity index (χ0n) is 8.08. The van der Waals surface area contributed by atoms with Gasteiger partial charge < -0.3 is 10.6 Å². The molecule has 0 spiro atoms. The molecule has 0 aromatic heterocycles. The summed E-state index contributed by atoms with van der Waals surface area (Å²) >= 11 is 0. The summed E-state index contributed by atoms with van der Waals surface area (Å²) in [4.78, 5) is 6.36. The van der Waals surface area contributed by atoms with Crippen molar-refractivity contribution in [1.29, 1.82) is 0 Å². The van der Waals surface area contributed by atoms with Crippen LogP contribution in [-0.2, 0) is 0 Å². The molecule has 1 rings (SSSR count). The van der Waals surface area contributed by atoms with Gasteiger partial charge in [0.25, 0.3) is 0 Å². The van der Waals surface area contributed by atoms with Crippen molar-refractivity contribution >= 4 is 5.96 Å². The second kappa shape index (κ2) is 4.33. The van der Waals surface area contributed by atoms with Crippen LogP contribution in [0.15, 0.2) is 4.99 Å². The van der Waals surface area contributed by atoms with Gasteiger partial charge in [-0.15, -0.1) is 0 Å². The largest absolute Gasteiger partial charge is 0.370 e. The minimum absolute atomic E-state index is 0.715. The van der Waals surface area contributed by atoms with E-state index in [0.717, 1.165) is 25.6 Å². The number of nitrogens with two attached hydrogens (primary N) is 1. The lowest BCUT2D eigenvalue weighted by molar-refractivity contribution is 0.414. The van der Waals surface area contributed by atoms with E-state index < -0.39 is 0 Å². The van der Waals surface area contributed by atoms with Crippen molar-refractivity contribution in [2.24, 2.45) is 16.6 Å². The average molecular weight is 169 g/mol. The van der Waals surface area contributed by atoms with E-state index in [1.165, 1.54) is 12.8 Å². The molecule has 0 heterocycles. The summed E-state index contributed by atoms with van der Waals surface area (Å²) in [5, 5.41) is 0. The third-order valence-electron chi connectivity index (χ3n) is 2.20. The first-order valence-corrected chi connectivity index (χ1v) is 4.82. The van der Waals surface area contributed by atoms with Crippen LogP contribution in [0.1, 0.15) is 26.7 Å². The van der Waals surface area contributed by atoms with Gasteiger partial charge in [-0.1, -0.05) is 0 Å². The van der Waals surface area contributed by atoms with Crippen LogP contribution in [0.5, 0.6) is 0 Å². The normalized spacial score (nSPS) is 18.0. The van der Waals surface area contributed by atoms with Gasteiger partial charge in [-0.3, -0.25) is 4.99 Å². The monoisotopic (exact) mass is 169 g/mol. The molecule has 0 saturated heterocycles. The molecule has 1 fully saturated rings. The highest BCUT2D eigenvalue weighted by Gasteiger charge is 2.24. The van der Waals surface area contributed by atoms with E-state index in [1.54, 1.807) is 0 Å². The van der Waals surface area contributed by atoms with Crippen LogP contribution in [0, 0.1) is 5.92 Å². The van der Waals surface area contributed by atoms with Crippen molar-refractivity contribution < 1.29 is 0 Å². The fraction of sp³-hybridized carbons (Fsp3) is 0.889. The molecule has 70 valence electrons. The van der Waals surface area contributed by atoms with Gasteiger partial charge in [-0.05, 0) is 32.6 Å². The van der Waals surface area contributed by atoms with E-state index >= 15 is 0 Å². The first-order chi connectivity index (χ1) is 5.77. The summed E-state index contributed by atoms with van der Waals surface area (Å²) in [6.07, 6.45) is 2.74. The zero-order valence-corrected chi connectivity index (χ0v) is 8.08. The van der Waals surface area contributed by atoms with Crippen molar-refractivity contribution in [1.82, 2.24) is 4.90 Å². The van der Waals surface area contributed by atoms with Gasteiger partial charge in [-0.2, -0.15) is 0 Å². The van der Waals surface area contributed by atoms with Crippen molar-refractivity contribution in [2.45, 2.75) is 26.7 Å². The molecule has 1 aliphatic carbocycles. The third kappa shape index (κ3) is 2.72. The number of nitrogens with zero attached hydrogens (tertiary/aromatic N) is 2. The highest BCUT2D eigenvalue weighted by atomic mass is 15.2. The van der Waals surface area contributed by atoms with Crippen LogP contribution in [0.4, 0.5) is 0 Å². The van der Waals surface area contributed by atoms with Gasteiger partial charge in [0.1, 0.15) is 0 Å². The number of guanidine groups is 1. The maximum absolute atomic E-state index is 5.79. The molecule has 2 N–H and O–H groups in total. The molecule has 3 nitrogen and oxygen atoms in total. The Hall–Kier alpha value is -0.730. The molecule has 3 heteroatoms. The second-order valence-electron chi connectivity index (χ2n) is 3.31. The van der Waals surface area contributed by atoms with Gasteiger partial charge in [0.15, 0.2) is 5.96 Å². The van der Waals surface area contributed by atoms with Crippen LogP contribution in [0.3, 0.4) is 0 Å². The van der Waals surface area contributed by atoms with E-state index in [1.807, 2.05) is 6.92 Å². The fourth-order valence-corrected chi connectivity index (χ4v) is 1.26. The van der Waals surface area contributed by atoms with E-state index in [2.05, 4.69) is 16.8 Å². The Morgan fingerprint density at radius 2 is 2.17 bits per heavy atom. The number of hydrogen-bond acceptors (Lipinski definition) is 1. The summed E-state index contributed by atoms with van der Waals surface area (Å²) < 4.78 is 0. The Balaban J connectivity index is 2.36. The first kappa shape index (κ1) is 9.36. The van der Waals surface area contributed by atoms with Gasteiger partial charge in [0.05, 0.1) is 0 Å². The SMILES string of the molecule is CCN=C(N)N(CC)CC1CC1. The lowest BCUT2D eigenvalue weighted by Gasteiger charge is -2.21. The van der Waals surface area contributed by atoms with E-state index in [9.17, 15) is 0 Å². The Bertz CT molecular complexity index is 161. The lowest BCUT2D eigenvalue weighted by Crippen LogP contribution is -2.38. The summed E-state index contributed by atoms with van der Waals surface area (Å²) in [5.74, 6) is 1.60. The van der Waals surface area contributed by atoms with E-state index in [4.69, 9.17) is 5.73 Å². The summed E-state index contributed by atoms with van der Waals surface area (Å²) in [7, 11) is 0. The summed E-state index contributed by atoms with van der Waals surface area (Å²) in [5.41, 5.74) is 5.79. The molecule has 0 bridgehead atoms. The molecule has 0 atom stereocenters. The number of aliphatic imine (C=N–C) groups is 1. The Labute approximate surface area is 74.6 Å². The molecular weight excluding hydrogens is 150 g/mol. The molecule has 12 heavy (non-hydrogen) atoms. The van der Waals surface area contributed by atoms with Gasteiger partial charge in [-0.25, -0.2) is 0 Å². The standard InChI is InChI=1S/C9H19N3/c1-3-11-9(10)12(4-2)7-8-5-6-8/h8H,3-7H2,1-2H3,(H2,10,11). The van der Waals surface area contributed by atoms with Crippen LogP contribution in [-0.4, -0.2) is 30.5 Å². The molecule has 0 amide bonds. The average Bonchev–Trinajstić information content (AvgIpc) is 2.84. The van der Waals surface area contributed by atoms with Crippen molar-refractivity contribution in [3.05, 3.63) is 0 Å².